The first-order valence-electron chi connectivity index (χ1n) is 9.79. The molecule has 5 nitrogen and oxygen atoms in total. The number of fused-ring (bicyclic) bond motifs is 1. The van der Waals surface area contributed by atoms with E-state index in [-0.39, 0.29) is 6.09 Å². The van der Waals surface area contributed by atoms with Gasteiger partial charge in [-0.2, -0.15) is 0 Å². The summed E-state index contributed by atoms with van der Waals surface area (Å²) in [5, 5.41) is 1.22. The Hall–Kier alpha value is -2.95. The molecule has 0 aliphatic carbocycles. The molecule has 3 aromatic rings. The van der Waals surface area contributed by atoms with Crippen LogP contribution in [0.25, 0.3) is 22.0 Å². The fourth-order valence-corrected chi connectivity index (χ4v) is 3.57. The van der Waals surface area contributed by atoms with Crippen LogP contribution >= 0.6 is 0 Å². The van der Waals surface area contributed by atoms with Crippen LogP contribution in [0.5, 0.6) is 0 Å². The molecule has 0 atom stereocenters. The highest BCUT2D eigenvalue weighted by Crippen LogP contribution is 2.27. The summed E-state index contributed by atoms with van der Waals surface area (Å²) in [7, 11) is 0. The van der Waals surface area contributed by atoms with E-state index in [1.54, 1.807) is 4.90 Å². The second kappa shape index (κ2) is 7.23. The number of hydrogen-bond donors (Lipinski definition) is 1. The van der Waals surface area contributed by atoms with Crippen molar-refractivity contribution >= 4 is 22.7 Å². The van der Waals surface area contributed by atoms with Crippen LogP contribution in [-0.4, -0.2) is 47.8 Å². The summed E-state index contributed by atoms with van der Waals surface area (Å²) in [6.45, 7) is 8.69. The lowest BCUT2D eigenvalue weighted by atomic mass is 10.0. The second-order valence-electron chi connectivity index (χ2n) is 8.28. The van der Waals surface area contributed by atoms with E-state index >= 15 is 0 Å². The lowest BCUT2D eigenvalue weighted by Crippen LogP contribution is -2.50. The normalized spacial score (nSPS) is 15.1. The van der Waals surface area contributed by atoms with Crippen LogP contribution in [0.1, 0.15) is 20.8 Å². The van der Waals surface area contributed by atoms with Gasteiger partial charge in [0.25, 0.3) is 0 Å². The maximum Gasteiger partial charge on any atom is 0.410 e. The molecular weight excluding hydrogens is 350 g/mol. The SMILES string of the molecule is CC(C)(C)OC(=O)N1CCN(c2ccc(-c3ccc4[nH]ccc4c3)cc2)CC1. The van der Waals surface area contributed by atoms with Crippen molar-refractivity contribution in [3.8, 4) is 11.1 Å². The Kier molecular flexibility index (Phi) is 4.75. The van der Waals surface area contributed by atoms with Gasteiger partial charge in [-0.3, -0.25) is 0 Å². The molecule has 1 fully saturated rings. The minimum absolute atomic E-state index is 0.220. The maximum absolute atomic E-state index is 12.2. The van der Waals surface area contributed by atoms with E-state index < -0.39 is 5.60 Å². The van der Waals surface area contributed by atoms with Crippen molar-refractivity contribution < 1.29 is 9.53 Å². The lowest BCUT2D eigenvalue weighted by molar-refractivity contribution is 0.0240. The van der Waals surface area contributed by atoms with Gasteiger partial charge in [-0.25, -0.2) is 4.79 Å². The Morgan fingerprint density at radius 2 is 1.61 bits per heavy atom. The number of piperazine rings is 1. The van der Waals surface area contributed by atoms with Crippen molar-refractivity contribution in [2.24, 2.45) is 0 Å². The number of nitrogens with one attached hydrogen (secondary N) is 1. The van der Waals surface area contributed by atoms with E-state index in [1.807, 2.05) is 27.0 Å². The summed E-state index contributed by atoms with van der Waals surface area (Å²) in [5.74, 6) is 0. The van der Waals surface area contributed by atoms with Gasteiger partial charge in [-0.15, -0.1) is 0 Å². The van der Waals surface area contributed by atoms with Crippen LogP contribution in [0, 0.1) is 0 Å². The average molecular weight is 377 g/mol. The number of rotatable bonds is 2. The summed E-state index contributed by atoms with van der Waals surface area (Å²) >= 11 is 0. The molecule has 0 unspecified atom stereocenters. The molecule has 0 spiro atoms. The zero-order valence-corrected chi connectivity index (χ0v) is 16.7. The molecule has 1 aliphatic heterocycles. The van der Waals surface area contributed by atoms with E-state index in [1.165, 1.54) is 22.2 Å². The Labute approximate surface area is 165 Å². The molecule has 1 aliphatic rings. The molecule has 5 heteroatoms. The molecule has 28 heavy (non-hydrogen) atoms. The van der Waals surface area contributed by atoms with Crippen molar-refractivity contribution in [1.82, 2.24) is 9.88 Å². The van der Waals surface area contributed by atoms with Crippen molar-refractivity contribution in [2.75, 3.05) is 31.1 Å². The van der Waals surface area contributed by atoms with Crippen LogP contribution in [0.3, 0.4) is 0 Å². The van der Waals surface area contributed by atoms with Crippen molar-refractivity contribution in [3.05, 3.63) is 54.7 Å². The smallest absolute Gasteiger partial charge is 0.410 e. The molecule has 1 aromatic heterocycles. The quantitative estimate of drug-likeness (QED) is 0.692. The van der Waals surface area contributed by atoms with Crippen LogP contribution in [0.2, 0.25) is 0 Å². The van der Waals surface area contributed by atoms with Gasteiger partial charge in [0.1, 0.15) is 5.60 Å². The Morgan fingerprint density at radius 1 is 0.929 bits per heavy atom. The van der Waals surface area contributed by atoms with E-state index in [2.05, 4.69) is 58.4 Å². The third-order valence-corrected chi connectivity index (χ3v) is 5.05. The lowest BCUT2D eigenvalue weighted by Gasteiger charge is -2.36. The third kappa shape index (κ3) is 3.98. The number of nitrogens with zero attached hydrogens (tertiary/aromatic N) is 2. The van der Waals surface area contributed by atoms with Crippen LogP contribution in [0.4, 0.5) is 10.5 Å². The zero-order chi connectivity index (χ0) is 19.7. The molecule has 1 N–H and O–H groups in total. The van der Waals surface area contributed by atoms with Crippen molar-refractivity contribution in [2.45, 2.75) is 26.4 Å². The predicted molar refractivity (Wildman–Crippen MR) is 114 cm³/mol. The average Bonchev–Trinajstić information content (AvgIpc) is 3.15. The van der Waals surface area contributed by atoms with E-state index in [0.717, 1.165) is 18.6 Å². The highest BCUT2D eigenvalue weighted by molar-refractivity contribution is 5.85. The number of H-pyrrole nitrogens is 1. The molecule has 0 bridgehead atoms. The molecule has 146 valence electrons. The minimum atomic E-state index is -0.451. The molecule has 0 radical (unpaired) electrons. The first-order chi connectivity index (χ1) is 13.4. The Balaban J connectivity index is 1.40. The van der Waals surface area contributed by atoms with Crippen LogP contribution in [0.15, 0.2) is 54.7 Å². The maximum atomic E-state index is 12.2. The van der Waals surface area contributed by atoms with E-state index in [4.69, 9.17) is 4.74 Å². The number of aromatic nitrogens is 1. The number of ether oxygens (including phenoxy) is 1. The highest BCUT2D eigenvalue weighted by atomic mass is 16.6. The number of hydrogen-bond acceptors (Lipinski definition) is 3. The van der Waals surface area contributed by atoms with Gasteiger partial charge in [0.15, 0.2) is 0 Å². The molecule has 4 rings (SSSR count). The highest BCUT2D eigenvalue weighted by Gasteiger charge is 2.25. The monoisotopic (exact) mass is 377 g/mol. The van der Waals surface area contributed by atoms with Crippen molar-refractivity contribution in [1.29, 1.82) is 0 Å². The van der Waals surface area contributed by atoms with Gasteiger partial charge in [0.2, 0.25) is 0 Å². The summed E-state index contributed by atoms with van der Waals surface area (Å²) in [6.07, 6.45) is 1.75. The van der Waals surface area contributed by atoms with Gasteiger partial charge in [-0.05, 0) is 67.6 Å². The number of carbonyl (C=O) groups excluding carboxylic acids is 1. The van der Waals surface area contributed by atoms with E-state index in [0.29, 0.717) is 13.1 Å². The van der Waals surface area contributed by atoms with Gasteiger partial charge >= 0.3 is 6.09 Å². The topological polar surface area (TPSA) is 48.6 Å². The predicted octanol–water partition coefficient (Wildman–Crippen LogP) is 4.89. The summed E-state index contributed by atoms with van der Waals surface area (Å²) in [6, 6.07) is 17.2. The molecule has 0 saturated carbocycles. The number of amides is 1. The Morgan fingerprint density at radius 3 is 2.29 bits per heavy atom. The fourth-order valence-electron chi connectivity index (χ4n) is 3.57. The standard InChI is InChI=1S/C23H27N3O2/c1-23(2,3)28-22(27)26-14-12-25(13-15-26)20-7-4-17(5-8-20)18-6-9-21-19(16-18)10-11-24-21/h4-11,16,24H,12-15H2,1-3H3. The van der Waals surface area contributed by atoms with Gasteiger partial charge in [0.05, 0.1) is 0 Å². The van der Waals surface area contributed by atoms with Crippen LogP contribution < -0.4 is 4.90 Å². The second-order valence-corrected chi connectivity index (χ2v) is 8.28. The van der Waals surface area contributed by atoms with Crippen molar-refractivity contribution in [3.63, 3.8) is 0 Å². The molecular formula is C23H27N3O2. The molecule has 1 amide bonds. The number of carbonyl (C=O) groups is 1. The number of aromatic amines is 1. The van der Waals surface area contributed by atoms with Gasteiger partial charge < -0.3 is 19.5 Å². The fraction of sp³-hybridized carbons (Fsp3) is 0.348. The summed E-state index contributed by atoms with van der Waals surface area (Å²) in [5.41, 5.74) is 4.32. The minimum Gasteiger partial charge on any atom is -0.444 e. The molecule has 2 heterocycles. The zero-order valence-electron chi connectivity index (χ0n) is 16.7. The van der Waals surface area contributed by atoms with E-state index in [9.17, 15) is 4.79 Å². The van der Waals surface area contributed by atoms with Crippen LogP contribution in [-0.2, 0) is 4.74 Å². The van der Waals surface area contributed by atoms with Gasteiger partial charge in [-0.1, -0.05) is 18.2 Å². The Bertz CT molecular complexity index is 961. The number of anilines is 1. The van der Waals surface area contributed by atoms with Gasteiger partial charge in [0, 0.05) is 43.6 Å². The first kappa shape index (κ1) is 18.4. The molecule has 2 aromatic carbocycles. The largest absolute Gasteiger partial charge is 0.444 e. The number of benzene rings is 2. The summed E-state index contributed by atoms with van der Waals surface area (Å²) in [4.78, 5) is 19.6. The molecule has 1 saturated heterocycles. The first-order valence-corrected chi connectivity index (χ1v) is 9.79. The third-order valence-electron chi connectivity index (χ3n) is 5.05. The summed E-state index contributed by atoms with van der Waals surface area (Å²) < 4.78 is 5.47.